The minimum Gasteiger partial charge on any atom is -0.506 e. The molecular formula is C21H25ClO5. The summed E-state index contributed by atoms with van der Waals surface area (Å²) in [5, 5.41) is 20.4. The number of hydrogen-bond acceptors (Lipinski definition) is 4. The van der Waals surface area contributed by atoms with Crippen molar-refractivity contribution in [3.63, 3.8) is 0 Å². The van der Waals surface area contributed by atoms with E-state index in [2.05, 4.69) is 6.92 Å². The highest BCUT2D eigenvalue weighted by molar-refractivity contribution is 6.33. The number of fused-ring (bicyclic) bond motifs is 3. The zero-order valence-electron chi connectivity index (χ0n) is 15.8. The Labute approximate surface area is 164 Å². The highest BCUT2D eigenvalue weighted by atomic mass is 35.5. The predicted octanol–water partition coefficient (Wildman–Crippen LogP) is 4.63. The van der Waals surface area contributed by atoms with E-state index in [-0.39, 0.29) is 22.3 Å². The number of carbonyl (C=O) groups is 2. The molecule has 0 fully saturated rings. The van der Waals surface area contributed by atoms with Crippen LogP contribution in [0, 0.1) is 5.92 Å². The van der Waals surface area contributed by atoms with Gasteiger partial charge in [0.05, 0.1) is 16.5 Å². The molecule has 2 unspecified atom stereocenters. The largest absolute Gasteiger partial charge is 0.506 e. The lowest BCUT2D eigenvalue weighted by Crippen LogP contribution is -2.48. The zero-order valence-corrected chi connectivity index (χ0v) is 16.6. The van der Waals surface area contributed by atoms with E-state index in [1.807, 2.05) is 13.8 Å². The number of rotatable bonds is 5. The molecule has 1 aromatic carbocycles. The first-order valence-electron chi connectivity index (χ1n) is 9.40. The molecule has 0 aromatic heterocycles. The average molecular weight is 393 g/mol. The van der Waals surface area contributed by atoms with Gasteiger partial charge in [0.15, 0.2) is 5.78 Å². The maximum Gasteiger partial charge on any atom is 0.339 e. The Morgan fingerprint density at radius 3 is 2.70 bits per heavy atom. The Morgan fingerprint density at radius 1 is 1.37 bits per heavy atom. The molecule has 27 heavy (non-hydrogen) atoms. The van der Waals surface area contributed by atoms with Crippen LogP contribution in [0.15, 0.2) is 17.7 Å². The number of carbonyl (C=O) groups excluding carboxylic acids is 1. The molecule has 6 heteroatoms. The summed E-state index contributed by atoms with van der Waals surface area (Å²) < 4.78 is 6.17. The number of aryl methyl sites for hydroxylation is 1. The van der Waals surface area contributed by atoms with E-state index in [9.17, 15) is 19.8 Å². The smallest absolute Gasteiger partial charge is 0.339 e. The number of aliphatic carboxylic acids is 1. The number of allylic oxidation sites excluding steroid dienone is 1. The van der Waals surface area contributed by atoms with Crippen LogP contribution in [0.4, 0.5) is 0 Å². The molecule has 1 aliphatic carbocycles. The molecule has 0 saturated heterocycles. The van der Waals surface area contributed by atoms with Gasteiger partial charge < -0.3 is 14.9 Å². The van der Waals surface area contributed by atoms with Gasteiger partial charge in [-0.15, -0.1) is 0 Å². The van der Waals surface area contributed by atoms with E-state index in [0.717, 1.165) is 24.8 Å². The summed E-state index contributed by atoms with van der Waals surface area (Å²) in [6, 6.07) is 1.80. The van der Waals surface area contributed by atoms with E-state index in [1.54, 1.807) is 6.07 Å². The minimum atomic E-state index is -1.24. The SMILES string of the molecule is CCCCCc1cc2c(c(O)c1Cl)C1C(=O)C(C(=O)O)=CCC1C(C)(C)O2. The monoisotopic (exact) mass is 392 g/mol. The van der Waals surface area contributed by atoms with Crippen LogP contribution >= 0.6 is 11.6 Å². The number of carboxylic acids is 1. The van der Waals surface area contributed by atoms with Crippen molar-refractivity contribution in [1.82, 2.24) is 0 Å². The molecule has 146 valence electrons. The fourth-order valence-electron chi connectivity index (χ4n) is 4.22. The van der Waals surface area contributed by atoms with Gasteiger partial charge in [0.1, 0.15) is 17.1 Å². The minimum absolute atomic E-state index is 0.161. The maximum absolute atomic E-state index is 13.0. The van der Waals surface area contributed by atoms with Crippen LogP contribution in [-0.2, 0) is 16.0 Å². The van der Waals surface area contributed by atoms with Crippen molar-refractivity contribution in [2.75, 3.05) is 0 Å². The molecule has 0 amide bonds. The average Bonchev–Trinajstić information content (AvgIpc) is 2.59. The Kier molecular flexibility index (Phi) is 5.26. The number of carboxylic acid groups (broad SMARTS) is 1. The van der Waals surface area contributed by atoms with Crippen LogP contribution in [-0.4, -0.2) is 27.6 Å². The molecular weight excluding hydrogens is 368 g/mol. The van der Waals surface area contributed by atoms with Crippen LogP contribution in [0.5, 0.6) is 11.5 Å². The number of benzene rings is 1. The van der Waals surface area contributed by atoms with E-state index in [4.69, 9.17) is 16.3 Å². The van der Waals surface area contributed by atoms with Gasteiger partial charge in [-0.3, -0.25) is 4.79 Å². The maximum atomic E-state index is 13.0. The molecule has 1 heterocycles. The zero-order chi connectivity index (χ0) is 19.9. The molecule has 1 aliphatic heterocycles. The van der Waals surface area contributed by atoms with Crippen LogP contribution in [0.25, 0.3) is 0 Å². The second-order valence-corrected chi connectivity index (χ2v) is 8.26. The van der Waals surface area contributed by atoms with Crippen molar-refractivity contribution in [1.29, 1.82) is 0 Å². The number of phenolic OH excluding ortho intramolecular Hbond substituents is 1. The standard InChI is InChI=1S/C21H25ClO5/c1-4-5-6-7-11-10-14-16(19(24)17(11)22)15-13(21(2,3)27-14)9-8-12(18(15)23)20(25)26/h8,10,13,15,24H,4-7,9H2,1-3H3,(H,25,26). The van der Waals surface area contributed by atoms with Crippen molar-refractivity contribution in [3.8, 4) is 11.5 Å². The first-order chi connectivity index (χ1) is 12.7. The Balaban J connectivity index is 2.12. The molecule has 2 aliphatic rings. The van der Waals surface area contributed by atoms with Crippen molar-refractivity contribution in [2.45, 2.75) is 64.4 Å². The van der Waals surface area contributed by atoms with E-state index in [0.29, 0.717) is 24.2 Å². The third kappa shape index (κ3) is 3.33. The summed E-state index contributed by atoms with van der Waals surface area (Å²) in [5.41, 5.74) is 0.199. The Bertz CT molecular complexity index is 824. The highest BCUT2D eigenvalue weighted by Crippen LogP contribution is 2.54. The quantitative estimate of drug-likeness (QED) is 0.563. The van der Waals surface area contributed by atoms with Gasteiger partial charge in [-0.25, -0.2) is 4.79 Å². The van der Waals surface area contributed by atoms with Gasteiger partial charge in [0.2, 0.25) is 0 Å². The van der Waals surface area contributed by atoms with Gasteiger partial charge in [0, 0.05) is 11.5 Å². The van der Waals surface area contributed by atoms with Crippen LogP contribution in [0.3, 0.4) is 0 Å². The predicted molar refractivity (Wildman–Crippen MR) is 103 cm³/mol. The number of aromatic hydroxyl groups is 1. The Morgan fingerprint density at radius 2 is 2.07 bits per heavy atom. The third-order valence-electron chi connectivity index (χ3n) is 5.70. The highest BCUT2D eigenvalue weighted by Gasteiger charge is 2.51. The van der Waals surface area contributed by atoms with Crippen molar-refractivity contribution >= 4 is 23.4 Å². The second-order valence-electron chi connectivity index (χ2n) is 7.88. The lowest BCUT2D eigenvalue weighted by atomic mass is 9.66. The lowest BCUT2D eigenvalue weighted by molar-refractivity contribution is -0.136. The van der Waals surface area contributed by atoms with E-state index < -0.39 is 23.3 Å². The summed E-state index contributed by atoms with van der Waals surface area (Å²) in [7, 11) is 0. The van der Waals surface area contributed by atoms with Gasteiger partial charge in [0.25, 0.3) is 0 Å². The molecule has 3 rings (SSSR count). The fraction of sp³-hybridized carbons (Fsp3) is 0.524. The summed E-state index contributed by atoms with van der Waals surface area (Å²) in [4.78, 5) is 24.4. The summed E-state index contributed by atoms with van der Waals surface area (Å²) in [6.45, 7) is 5.89. The van der Waals surface area contributed by atoms with Gasteiger partial charge >= 0.3 is 5.97 Å². The van der Waals surface area contributed by atoms with Gasteiger partial charge in [-0.2, -0.15) is 0 Å². The molecule has 5 nitrogen and oxygen atoms in total. The lowest BCUT2D eigenvalue weighted by Gasteiger charge is -2.46. The number of ketones is 1. The number of unbranched alkanes of at least 4 members (excludes halogenated alkanes) is 2. The van der Waals surface area contributed by atoms with E-state index >= 15 is 0 Å². The van der Waals surface area contributed by atoms with E-state index in [1.165, 1.54) is 6.08 Å². The van der Waals surface area contributed by atoms with Gasteiger partial charge in [-0.05, 0) is 44.7 Å². The van der Waals surface area contributed by atoms with Crippen LogP contribution < -0.4 is 4.74 Å². The first-order valence-corrected chi connectivity index (χ1v) is 9.77. The molecule has 0 bridgehead atoms. The van der Waals surface area contributed by atoms with Crippen molar-refractivity contribution < 1.29 is 24.5 Å². The normalized spacial score (nSPS) is 23.1. The summed E-state index contributed by atoms with van der Waals surface area (Å²) >= 11 is 6.41. The number of halogens is 1. The second kappa shape index (κ2) is 7.19. The number of Topliss-reactive ketones (excluding diaryl/α,β-unsaturated/α-hetero) is 1. The van der Waals surface area contributed by atoms with Crippen LogP contribution in [0.2, 0.25) is 5.02 Å². The van der Waals surface area contributed by atoms with Crippen molar-refractivity contribution in [2.24, 2.45) is 5.92 Å². The topological polar surface area (TPSA) is 83.8 Å². The Hall–Kier alpha value is -2.01. The van der Waals surface area contributed by atoms with Crippen LogP contribution in [0.1, 0.15) is 63.5 Å². The third-order valence-corrected chi connectivity index (χ3v) is 6.12. The van der Waals surface area contributed by atoms with Crippen molar-refractivity contribution in [3.05, 3.63) is 33.9 Å². The molecule has 0 spiro atoms. The summed E-state index contributed by atoms with van der Waals surface area (Å²) in [5.74, 6) is -2.52. The number of phenols is 1. The molecule has 1 aromatic rings. The fourth-order valence-corrected chi connectivity index (χ4v) is 4.47. The summed E-state index contributed by atoms with van der Waals surface area (Å²) in [6.07, 6.45) is 5.62. The molecule has 0 radical (unpaired) electrons. The molecule has 2 atom stereocenters. The first kappa shape index (κ1) is 19.7. The van der Waals surface area contributed by atoms with Gasteiger partial charge in [-0.1, -0.05) is 37.4 Å². The molecule has 0 saturated carbocycles. The molecule has 2 N–H and O–H groups in total. The number of ether oxygens (including phenoxy) is 1. The number of hydrogen-bond donors (Lipinski definition) is 2.